The smallest absolute Gasteiger partial charge is 0.113 e. The molecule has 2 aromatic rings. The summed E-state index contributed by atoms with van der Waals surface area (Å²) in [6, 6.07) is 9.62. The first-order valence-corrected chi connectivity index (χ1v) is 8.36. The molecule has 0 unspecified atom stereocenters. The molecule has 3 heteroatoms. The lowest BCUT2D eigenvalue weighted by Gasteiger charge is -2.25. The van der Waals surface area contributed by atoms with Gasteiger partial charge in [-0.3, -0.25) is 0 Å². The van der Waals surface area contributed by atoms with Crippen molar-refractivity contribution < 1.29 is 0 Å². The van der Waals surface area contributed by atoms with Crippen LogP contribution >= 0.6 is 0 Å². The minimum Gasteiger partial charge on any atom is -0.332 e. The Labute approximate surface area is 133 Å². The van der Waals surface area contributed by atoms with Gasteiger partial charge in [-0.2, -0.15) is 0 Å². The maximum atomic E-state index is 4.60. The van der Waals surface area contributed by atoms with Crippen molar-refractivity contribution in [1.82, 2.24) is 14.9 Å². The van der Waals surface area contributed by atoms with E-state index >= 15 is 0 Å². The minimum atomic E-state index is 0.214. The molecule has 0 spiro atoms. The van der Waals surface area contributed by atoms with Crippen molar-refractivity contribution in [3.05, 3.63) is 53.6 Å². The fourth-order valence-corrected chi connectivity index (χ4v) is 3.20. The van der Waals surface area contributed by atoms with Crippen LogP contribution in [0.25, 0.3) is 0 Å². The van der Waals surface area contributed by atoms with E-state index < -0.39 is 0 Å². The molecule has 0 amide bonds. The van der Waals surface area contributed by atoms with Gasteiger partial charge in [0.15, 0.2) is 0 Å². The molecule has 1 fully saturated rings. The summed E-state index contributed by atoms with van der Waals surface area (Å²) in [4.78, 5) is 4.60. The molecule has 0 radical (unpaired) electrons. The number of nitrogens with one attached hydrogen (secondary N) is 1. The van der Waals surface area contributed by atoms with E-state index in [0.717, 1.165) is 19.5 Å². The summed E-state index contributed by atoms with van der Waals surface area (Å²) in [5.74, 6) is 1.19. The molecular weight excluding hydrogens is 270 g/mol. The average molecular weight is 297 g/mol. The topological polar surface area (TPSA) is 29.9 Å². The van der Waals surface area contributed by atoms with E-state index in [2.05, 4.69) is 66.1 Å². The van der Waals surface area contributed by atoms with Crippen molar-refractivity contribution >= 4 is 0 Å². The second kappa shape index (κ2) is 6.25. The van der Waals surface area contributed by atoms with E-state index in [9.17, 15) is 0 Å². The molecule has 1 aliphatic rings. The Bertz CT molecular complexity index is 598. The molecule has 1 aliphatic heterocycles. The van der Waals surface area contributed by atoms with Gasteiger partial charge in [-0.1, -0.05) is 45.0 Å². The SMILES string of the molecule is CC(C)(C)c1ccc(Cc2nccn2C2CCNCC2)cc1. The first-order chi connectivity index (χ1) is 10.5. The summed E-state index contributed by atoms with van der Waals surface area (Å²) in [6.45, 7) is 8.99. The van der Waals surface area contributed by atoms with Crippen LogP contribution in [0.4, 0.5) is 0 Å². The number of nitrogens with zero attached hydrogens (tertiary/aromatic N) is 2. The van der Waals surface area contributed by atoms with E-state index in [1.807, 2.05) is 6.20 Å². The van der Waals surface area contributed by atoms with Crippen LogP contribution in [0, 0.1) is 0 Å². The molecule has 22 heavy (non-hydrogen) atoms. The molecule has 0 bridgehead atoms. The Morgan fingerprint density at radius 1 is 1.14 bits per heavy atom. The maximum Gasteiger partial charge on any atom is 0.113 e. The van der Waals surface area contributed by atoms with Crippen LogP contribution in [-0.4, -0.2) is 22.6 Å². The highest BCUT2D eigenvalue weighted by molar-refractivity contribution is 5.29. The van der Waals surface area contributed by atoms with Gasteiger partial charge in [-0.05, 0) is 42.5 Å². The number of piperidine rings is 1. The molecule has 1 saturated heterocycles. The van der Waals surface area contributed by atoms with Gasteiger partial charge in [0, 0.05) is 24.9 Å². The van der Waals surface area contributed by atoms with Gasteiger partial charge >= 0.3 is 0 Å². The van der Waals surface area contributed by atoms with E-state index in [4.69, 9.17) is 0 Å². The second-order valence-corrected chi connectivity index (χ2v) is 7.36. The summed E-state index contributed by atoms with van der Waals surface area (Å²) in [6.07, 6.45) is 7.41. The molecule has 1 aromatic heterocycles. The van der Waals surface area contributed by atoms with Crippen LogP contribution < -0.4 is 5.32 Å². The van der Waals surface area contributed by atoms with Gasteiger partial charge in [0.25, 0.3) is 0 Å². The molecule has 1 aromatic carbocycles. The molecule has 3 nitrogen and oxygen atoms in total. The summed E-state index contributed by atoms with van der Waals surface area (Å²) >= 11 is 0. The summed E-state index contributed by atoms with van der Waals surface area (Å²) in [5.41, 5.74) is 2.94. The second-order valence-electron chi connectivity index (χ2n) is 7.36. The lowest BCUT2D eigenvalue weighted by molar-refractivity contribution is 0.361. The van der Waals surface area contributed by atoms with Gasteiger partial charge in [-0.15, -0.1) is 0 Å². The summed E-state index contributed by atoms with van der Waals surface area (Å²) in [5, 5.41) is 3.43. The fourth-order valence-electron chi connectivity index (χ4n) is 3.20. The monoisotopic (exact) mass is 297 g/mol. The van der Waals surface area contributed by atoms with Crippen LogP contribution in [0.1, 0.15) is 56.6 Å². The number of rotatable bonds is 3. The molecule has 118 valence electrons. The van der Waals surface area contributed by atoms with Crippen molar-refractivity contribution in [3.8, 4) is 0 Å². The number of aromatic nitrogens is 2. The van der Waals surface area contributed by atoms with Crippen LogP contribution in [-0.2, 0) is 11.8 Å². The highest BCUT2D eigenvalue weighted by Crippen LogP contribution is 2.24. The largest absolute Gasteiger partial charge is 0.332 e. The Hall–Kier alpha value is -1.61. The van der Waals surface area contributed by atoms with Crippen LogP contribution in [0.2, 0.25) is 0 Å². The Morgan fingerprint density at radius 3 is 2.45 bits per heavy atom. The van der Waals surface area contributed by atoms with E-state index in [0.29, 0.717) is 6.04 Å². The predicted octanol–water partition coefficient (Wildman–Crippen LogP) is 3.70. The van der Waals surface area contributed by atoms with Crippen molar-refractivity contribution in [2.75, 3.05) is 13.1 Å². The van der Waals surface area contributed by atoms with Gasteiger partial charge < -0.3 is 9.88 Å². The van der Waals surface area contributed by atoms with Crippen LogP contribution in [0.5, 0.6) is 0 Å². The third kappa shape index (κ3) is 3.41. The van der Waals surface area contributed by atoms with Gasteiger partial charge in [0.05, 0.1) is 0 Å². The average Bonchev–Trinajstić information content (AvgIpc) is 2.96. The number of hydrogen-bond donors (Lipinski definition) is 1. The summed E-state index contributed by atoms with van der Waals surface area (Å²) in [7, 11) is 0. The Balaban J connectivity index is 1.75. The van der Waals surface area contributed by atoms with E-state index in [1.54, 1.807) is 0 Å². The first-order valence-electron chi connectivity index (χ1n) is 8.36. The van der Waals surface area contributed by atoms with E-state index in [-0.39, 0.29) is 5.41 Å². The first kappa shape index (κ1) is 15.3. The van der Waals surface area contributed by atoms with Gasteiger partial charge in [-0.25, -0.2) is 4.98 Å². The highest BCUT2D eigenvalue weighted by atomic mass is 15.1. The summed E-state index contributed by atoms with van der Waals surface area (Å²) < 4.78 is 2.39. The normalized spacial score (nSPS) is 16.9. The van der Waals surface area contributed by atoms with Crippen molar-refractivity contribution in [2.45, 2.75) is 51.5 Å². The molecule has 0 atom stereocenters. The Kier molecular flexibility index (Phi) is 4.34. The lowest BCUT2D eigenvalue weighted by atomic mass is 9.86. The number of hydrogen-bond acceptors (Lipinski definition) is 2. The zero-order chi connectivity index (χ0) is 15.6. The zero-order valence-electron chi connectivity index (χ0n) is 14.0. The molecular formula is C19H27N3. The minimum absolute atomic E-state index is 0.214. The quantitative estimate of drug-likeness (QED) is 0.936. The molecule has 2 heterocycles. The third-order valence-corrected chi connectivity index (χ3v) is 4.63. The fraction of sp³-hybridized carbons (Fsp3) is 0.526. The standard InChI is InChI=1S/C19H27N3/c1-19(2,3)16-6-4-15(5-7-16)14-18-21-12-13-22(18)17-8-10-20-11-9-17/h4-7,12-13,17,20H,8-11,14H2,1-3H3. The maximum absolute atomic E-state index is 4.60. The number of benzene rings is 1. The molecule has 1 N–H and O–H groups in total. The zero-order valence-corrected chi connectivity index (χ0v) is 14.0. The molecule has 0 aliphatic carbocycles. The van der Waals surface area contributed by atoms with Gasteiger partial charge in [0.2, 0.25) is 0 Å². The number of imidazole rings is 1. The van der Waals surface area contributed by atoms with Crippen molar-refractivity contribution in [1.29, 1.82) is 0 Å². The third-order valence-electron chi connectivity index (χ3n) is 4.63. The van der Waals surface area contributed by atoms with Crippen molar-refractivity contribution in [2.24, 2.45) is 0 Å². The highest BCUT2D eigenvalue weighted by Gasteiger charge is 2.18. The van der Waals surface area contributed by atoms with Crippen LogP contribution in [0.15, 0.2) is 36.7 Å². The van der Waals surface area contributed by atoms with Gasteiger partial charge in [0.1, 0.15) is 5.82 Å². The molecule has 0 saturated carbocycles. The molecule has 3 rings (SSSR count). The lowest BCUT2D eigenvalue weighted by Crippen LogP contribution is -2.29. The van der Waals surface area contributed by atoms with E-state index in [1.165, 1.54) is 29.8 Å². The van der Waals surface area contributed by atoms with Crippen molar-refractivity contribution in [3.63, 3.8) is 0 Å². The predicted molar refractivity (Wildman–Crippen MR) is 91.3 cm³/mol. The Morgan fingerprint density at radius 2 is 1.82 bits per heavy atom. The van der Waals surface area contributed by atoms with Crippen LogP contribution in [0.3, 0.4) is 0 Å².